The lowest BCUT2D eigenvalue weighted by Gasteiger charge is -2.21. The van der Waals surface area contributed by atoms with E-state index < -0.39 is 0 Å². The van der Waals surface area contributed by atoms with Gasteiger partial charge in [0, 0.05) is 11.7 Å². The van der Waals surface area contributed by atoms with E-state index in [0.717, 1.165) is 35.2 Å². The molecule has 3 N–H and O–H groups in total. The van der Waals surface area contributed by atoms with Crippen LogP contribution in [0.15, 0.2) is 12.1 Å². The molecule has 104 valence electrons. The van der Waals surface area contributed by atoms with E-state index >= 15 is 0 Å². The molecule has 0 saturated carbocycles. The number of hydrogen-bond acceptors (Lipinski definition) is 2. The Morgan fingerprint density at radius 2 is 2.05 bits per heavy atom. The maximum Gasteiger partial charge on any atom is 0.232 e. The molecule has 0 aromatic heterocycles. The van der Waals surface area contributed by atoms with Crippen molar-refractivity contribution >= 4 is 11.6 Å². The van der Waals surface area contributed by atoms with E-state index in [9.17, 15) is 4.79 Å². The van der Waals surface area contributed by atoms with Crippen molar-refractivity contribution in [3.05, 3.63) is 28.8 Å². The van der Waals surface area contributed by atoms with Crippen molar-refractivity contribution in [2.24, 2.45) is 11.7 Å². The standard InChI is InChI=1S/C16H24N2O/c1-5-9(3)14(17)11-7-10(4)15-13(8-11)12(6-2)16(19)18-15/h7-9,12,14H,5-6,17H2,1-4H3,(H,18,19). The fourth-order valence-electron chi connectivity index (χ4n) is 2.82. The Morgan fingerprint density at radius 1 is 1.37 bits per heavy atom. The third kappa shape index (κ3) is 2.39. The van der Waals surface area contributed by atoms with Gasteiger partial charge >= 0.3 is 0 Å². The molecule has 0 bridgehead atoms. The summed E-state index contributed by atoms with van der Waals surface area (Å²) in [6, 6.07) is 4.29. The van der Waals surface area contributed by atoms with Gasteiger partial charge in [-0.15, -0.1) is 0 Å². The molecular weight excluding hydrogens is 236 g/mol. The smallest absolute Gasteiger partial charge is 0.232 e. The number of carbonyl (C=O) groups is 1. The van der Waals surface area contributed by atoms with Crippen molar-refractivity contribution in [1.82, 2.24) is 0 Å². The summed E-state index contributed by atoms with van der Waals surface area (Å²) < 4.78 is 0. The second kappa shape index (κ2) is 5.33. The van der Waals surface area contributed by atoms with Gasteiger partial charge in [0.2, 0.25) is 5.91 Å². The second-order valence-electron chi connectivity index (χ2n) is 5.66. The Bertz CT molecular complexity index is 496. The second-order valence-corrected chi connectivity index (χ2v) is 5.66. The van der Waals surface area contributed by atoms with Gasteiger partial charge in [0.1, 0.15) is 0 Å². The minimum Gasteiger partial charge on any atom is -0.325 e. The highest BCUT2D eigenvalue weighted by molar-refractivity contribution is 6.03. The van der Waals surface area contributed by atoms with Crippen LogP contribution in [0.5, 0.6) is 0 Å². The topological polar surface area (TPSA) is 55.1 Å². The van der Waals surface area contributed by atoms with Gasteiger partial charge in [-0.2, -0.15) is 0 Å². The fourth-order valence-corrected chi connectivity index (χ4v) is 2.82. The summed E-state index contributed by atoms with van der Waals surface area (Å²) in [7, 11) is 0. The minimum absolute atomic E-state index is 0.0159. The number of nitrogens with two attached hydrogens (primary N) is 1. The molecule has 1 aliphatic rings. The van der Waals surface area contributed by atoms with E-state index in [1.54, 1.807) is 0 Å². The molecule has 3 unspecified atom stereocenters. The average Bonchev–Trinajstić information content (AvgIpc) is 2.73. The minimum atomic E-state index is -0.0159. The quantitative estimate of drug-likeness (QED) is 0.870. The van der Waals surface area contributed by atoms with Crippen molar-refractivity contribution < 1.29 is 4.79 Å². The van der Waals surface area contributed by atoms with Gasteiger partial charge in [0.15, 0.2) is 0 Å². The zero-order valence-electron chi connectivity index (χ0n) is 12.3. The number of amides is 1. The molecule has 3 heteroatoms. The molecule has 0 spiro atoms. The Labute approximate surface area is 115 Å². The Balaban J connectivity index is 2.44. The van der Waals surface area contributed by atoms with Crippen LogP contribution in [-0.4, -0.2) is 5.91 Å². The van der Waals surface area contributed by atoms with E-state index in [2.05, 4.69) is 38.2 Å². The van der Waals surface area contributed by atoms with Crippen LogP contribution >= 0.6 is 0 Å². The van der Waals surface area contributed by atoms with E-state index in [1.807, 2.05) is 6.92 Å². The highest BCUT2D eigenvalue weighted by Gasteiger charge is 2.31. The molecular formula is C16H24N2O. The molecule has 3 nitrogen and oxygen atoms in total. The molecule has 0 saturated heterocycles. The largest absolute Gasteiger partial charge is 0.325 e. The Kier molecular flexibility index (Phi) is 3.95. The normalized spacial score (nSPS) is 20.9. The van der Waals surface area contributed by atoms with E-state index in [4.69, 9.17) is 5.73 Å². The van der Waals surface area contributed by atoms with Crippen LogP contribution in [0.2, 0.25) is 0 Å². The summed E-state index contributed by atoms with van der Waals surface area (Å²) in [5, 5.41) is 3.00. The number of rotatable bonds is 4. The number of fused-ring (bicyclic) bond motifs is 1. The number of carbonyl (C=O) groups excluding carboxylic acids is 1. The van der Waals surface area contributed by atoms with Crippen molar-refractivity contribution in [1.29, 1.82) is 0 Å². The first-order valence-corrected chi connectivity index (χ1v) is 7.20. The summed E-state index contributed by atoms with van der Waals surface area (Å²) >= 11 is 0. The monoisotopic (exact) mass is 260 g/mol. The molecule has 1 aromatic rings. The number of benzene rings is 1. The van der Waals surface area contributed by atoms with Gasteiger partial charge in [-0.25, -0.2) is 0 Å². The third-order valence-electron chi connectivity index (χ3n) is 4.38. The maximum atomic E-state index is 11.9. The van der Waals surface area contributed by atoms with Crippen LogP contribution in [0.4, 0.5) is 5.69 Å². The lowest BCUT2D eigenvalue weighted by molar-refractivity contribution is -0.117. The molecule has 1 amide bonds. The van der Waals surface area contributed by atoms with Crippen molar-refractivity contribution in [2.45, 2.75) is 52.5 Å². The van der Waals surface area contributed by atoms with E-state index in [0.29, 0.717) is 5.92 Å². The zero-order chi connectivity index (χ0) is 14.2. The molecule has 1 aromatic carbocycles. The first-order chi connectivity index (χ1) is 8.99. The molecule has 2 rings (SSSR count). The van der Waals surface area contributed by atoms with Crippen molar-refractivity contribution in [3.8, 4) is 0 Å². The predicted octanol–water partition coefficient (Wildman–Crippen LogP) is 3.49. The molecule has 0 aliphatic carbocycles. The van der Waals surface area contributed by atoms with Crippen molar-refractivity contribution in [3.63, 3.8) is 0 Å². The lowest BCUT2D eigenvalue weighted by Crippen LogP contribution is -2.19. The van der Waals surface area contributed by atoms with Gasteiger partial charge in [-0.05, 0) is 36.0 Å². The van der Waals surface area contributed by atoms with Gasteiger partial charge in [0.05, 0.1) is 5.92 Å². The highest BCUT2D eigenvalue weighted by Crippen LogP contribution is 2.39. The summed E-state index contributed by atoms with van der Waals surface area (Å²) in [5.74, 6) is 0.551. The van der Waals surface area contributed by atoms with Crippen LogP contribution in [0.25, 0.3) is 0 Å². The summed E-state index contributed by atoms with van der Waals surface area (Å²) in [5.41, 5.74) is 10.7. The van der Waals surface area contributed by atoms with Crippen LogP contribution in [0.1, 0.15) is 62.3 Å². The van der Waals surface area contributed by atoms with Gasteiger partial charge in [-0.1, -0.05) is 39.3 Å². The van der Waals surface area contributed by atoms with Gasteiger partial charge < -0.3 is 11.1 Å². The van der Waals surface area contributed by atoms with E-state index in [-0.39, 0.29) is 17.9 Å². The number of nitrogens with one attached hydrogen (secondary N) is 1. The van der Waals surface area contributed by atoms with Crippen LogP contribution in [-0.2, 0) is 4.79 Å². The third-order valence-corrected chi connectivity index (χ3v) is 4.38. The number of aryl methyl sites for hydroxylation is 1. The molecule has 19 heavy (non-hydrogen) atoms. The molecule has 1 aliphatic heterocycles. The van der Waals surface area contributed by atoms with Gasteiger partial charge in [-0.3, -0.25) is 4.79 Å². The first kappa shape index (κ1) is 14.1. The van der Waals surface area contributed by atoms with Crippen LogP contribution in [0.3, 0.4) is 0 Å². The predicted molar refractivity (Wildman–Crippen MR) is 79.2 cm³/mol. The molecule has 0 fully saturated rings. The summed E-state index contributed by atoms with van der Waals surface area (Å²) in [6.45, 7) is 8.43. The molecule has 1 heterocycles. The zero-order valence-corrected chi connectivity index (χ0v) is 12.3. The molecule has 0 radical (unpaired) electrons. The highest BCUT2D eigenvalue weighted by atomic mass is 16.2. The van der Waals surface area contributed by atoms with Gasteiger partial charge in [0.25, 0.3) is 0 Å². The lowest BCUT2D eigenvalue weighted by atomic mass is 9.88. The number of hydrogen-bond donors (Lipinski definition) is 2. The summed E-state index contributed by atoms with van der Waals surface area (Å²) in [4.78, 5) is 11.9. The Morgan fingerprint density at radius 3 is 2.63 bits per heavy atom. The SMILES string of the molecule is CCC1C(=O)Nc2c(C)cc(C(N)C(C)CC)cc21. The Hall–Kier alpha value is -1.35. The number of anilines is 1. The average molecular weight is 260 g/mol. The molecule has 3 atom stereocenters. The summed E-state index contributed by atoms with van der Waals surface area (Å²) in [6.07, 6.45) is 1.89. The first-order valence-electron chi connectivity index (χ1n) is 7.20. The van der Waals surface area contributed by atoms with Crippen LogP contribution in [0, 0.1) is 12.8 Å². The van der Waals surface area contributed by atoms with E-state index in [1.165, 1.54) is 0 Å². The van der Waals surface area contributed by atoms with Crippen molar-refractivity contribution in [2.75, 3.05) is 5.32 Å². The fraction of sp³-hybridized carbons (Fsp3) is 0.562. The van der Waals surface area contributed by atoms with Crippen LogP contribution < -0.4 is 11.1 Å². The maximum absolute atomic E-state index is 11.9.